The third kappa shape index (κ3) is 74.3. The fourth-order valence-corrected chi connectivity index (χ4v) is 14.2. The van der Waals surface area contributed by atoms with Gasteiger partial charge in [0.1, 0.15) is 19.3 Å². The highest BCUT2D eigenvalue weighted by Crippen LogP contribution is 2.45. The van der Waals surface area contributed by atoms with Crippen molar-refractivity contribution >= 4 is 39.5 Å². The van der Waals surface area contributed by atoms with Gasteiger partial charge in [0.15, 0.2) is 12.2 Å². The van der Waals surface area contributed by atoms with Crippen molar-refractivity contribution in [3.05, 3.63) is 0 Å². The van der Waals surface area contributed by atoms with Crippen LogP contribution >= 0.6 is 15.6 Å². The van der Waals surface area contributed by atoms with Gasteiger partial charge in [-0.3, -0.25) is 37.3 Å². The molecule has 0 bridgehead atoms. The zero-order chi connectivity index (χ0) is 73.2. The van der Waals surface area contributed by atoms with Crippen molar-refractivity contribution in [3.8, 4) is 0 Å². The predicted octanol–water partition coefficient (Wildman–Crippen LogP) is 24.6. The average Bonchev–Trinajstić information content (AvgIpc) is 1.09. The van der Waals surface area contributed by atoms with E-state index in [-0.39, 0.29) is 25.7 Å². The number of carbonyl (C=O) groups excluding carboxylic acids is 4. The van der Waals surface area contributed by atoms with E-state index in [0.29, 0.717) is 25.7 Å². The van der Waals surface area contributed by atoms with Crippen molar-refractivity contribution < 1.29 is 80.2 Å². The Morgan fingerprint density at radius 1 is 0.240 bits per heavy atom. The van der Waals surface area contributed by atoms with Gasteiger partial charge < -0.3 is 33.8 Å². The maximum atomic E-state index is 13.1. The van der Waals surface area contributed by atoms with E-state index in [1.54, 1.807) is 0 Å². The summed E-state index contributed by atoms with van der Waals surface area (Å²) in [6.07, 6.45) is 68.0. The molecule has 0 rings (SSSR count). The lowest BCUT2D eigenvalue weighted by atomic mass is 10.0. The van der Waals surface area contributed by atoms with E-state index in [2.05, 4.69) is 27.7 Å². The molecule has 19 heteroatoms. The number of hydrogen-bond donors (Lipinski definition) is 3. The van der Waals surface area contributed by atoms with Crippen LogP contribution in [-0.4, -0.2) is 96.7 Å². The topological polar surface area (TPSA) is 237 Å². The maximum Gasteiger partial charge on any atom is 0.472 e. The Bertz CT molecular complexity index is 1890. The van der Waals surface area contributed by atoms with Crippen LogP contribution < -0.4 is 0 Å². The zero-order valence-electron chi connectivity index (χ0n) is 65.2. The van der Waals surface area contributed by atoms with E-state index in [9.17, 15) is 43.2 Å². The van der Waals surface area contributed by atoms with Crippen LogP contribution in [0, 0.1) is 0 Å². The summed E-state index contributed by atoms with van der Waals surface area (Å²) < 4.78 is 68.7. The molecule has 17 nitrogen and oxygen atoms in total. The van der Waals surface area contributed by atoms with E-state index in [4.69, 9.17) is 37.0 Å². The Hall–Kier alpha value is -1.94. The minimum absolute atomic E-state index is 0.108. The lowest BCUT2D eigenvalue weighted by Gasteiger charge is -2.21. The van der Waals surface area contributed by atoms with E-state index in [1.807, 2.05) is 0 Å². The number of phosphoric acid groups is 2. The molecule has 100 heavy (non-hydrogen) atoms. The SMILES string of the molecule is CCCCCCCCCCCCCCCCCCCCCC(=O)OC[C@H](COP(=O)(O)OC[C@@H](O)COP(=O)(O)OC[C@@H](COC(=O)CCCCCCCCCCCC)OC(=O)CCCCCCCCCCCCCC)OC(=O)CCCCCCCCCCCCCCCCCCCCC. The molecule has 0 aromatic carbocycles. The Morgan fingerprint density at radius 3 is 0.590 bits per heavy atom. The molecule has 0 saturated carbocycles. The molecular weight excluding hydrogens is 1310 g/mol. The zero-order valence-corrected chi connectivity index (χ0v) is 67.0. The van der Waals surface area contributed by atoms with Crippen LogP contribution in [0.4, 0.5) is 0 Å². The molecule has 0 amide bonds. The highest BCUT2D eigenvalue weighted by molar-refractivity contribution is 7.47. The van der Waals surface area contributed by atoms with Crippen molar-refractivity contribution in [1.29, 1.82) is 0 Å². The first-order chi connectivity index (χ1) is 48.7. The molecule has 2 unspecified atom stereocenters. The van der Waals surface area contributed by atoms with E-state index in [0.717, 1.165) is 89.9 Å². The molecule has 0 aliphatic heterocycles. The van der Waals surface area contributed by atoms with Crippen LogP contribution in [0.25, 0.3) is 0 Å². The molecule has 0 aliphatic rings. The predicted molar refractivity (Wildman–Crippen MR) is 409 cm³/mol. The average molecular weight is 1470 g/mol. The lowest BCUT2D eigenvalue weighted by Crippen LogP contribution is -2.30. The number of carbonyl (C=O) groups is 4. The number of aliphatic hydroxyl groups excluding tert-OH is 1. The summed E-state index contributed by atoms with van der Waals surface area (Å²) >= 11 is 0. The molecular formula is C81H158O17P2. The minimum atomic E-state index is -4.96. The molecule has 0 spiro atoms. The van der Waals surface area contributed by atoms with Crippen molar-refractivity contribution in [1.82, 2.24) is 0 Å². The summed E-state index contributed by atoms with van der Waals surface area (Å²) in [6.45, 7) is 5.02. The molecule has 0 aromatic heterocycles. The second-order valence-corrected chi connectivity index (χ2v) is 32.1. The van der Waals surface area contributed by atoms with Crippen LogP contribution in [-0.2, 0) is 65.4 Å². The van der Waals surface area contributed by atoms with Gasteiger partial charge in [0.05, 0.1) is 26.4 Å². The largest absolute Gasteiger partial charge is 0.472 e. The first-order valence-corrected chi connectivity index (χ1v) is 45.3. The lowest BCUT2D eigenvalue weighted by molar-refractivity contribution is -0.161. The van der Waals surface area contributed by atoms with Crippen molar-refractivity contribution in [2.75, 3.05) is 39.6 Å². The van der Waals surface area contributed by atoms with Crippen molar-refractivity contribution in [3.63, 3.8) is 0 Å². The number of unbranched alkanes of at least 4 members (excludes halogenated alkanes) is 56. The third-order valence-corrected chi connectivity index (χ3v) is 21.0. The number of rotatable bonds is 82. The van der Waals surface area contributed by atoms with Gasteiger partial charge in [-0.05, 0) is 25.7 Å². The summed E-state index contributed by atoms with van der Waals surface area (Å²) in [4.78, 5) is 73.0. The number of esters is 4. The molecule has 594 valence electrons. The van der Waals surface area contributed by atoms with Gasteiger partial charge in [-0.2, -0.15) is 0 Å². The molecule has 0 radical (unpaired) electrons. The van der Waals surface area contributed by atoms with Gasteiger partial charge in [-0.1, -0.05) is 387 Å². The summed E-state index contributed by atoms with van der Waals surface area (Å²) in [5.74, 6) is -2.10. The smallest absolute Gasteiger partial charge is 0.462 e. The Balaban J connectivity index is 5.21. The molecule has 0 aliphatic carbocycles. The molecule has 0 fully saturated rings. The van der Waals surface area contributed by atoms with Gasteiger partial charge in [0.2, 0.25) is 0 Å². The van der Waals surface area contributed by atoms with Crippen LogP contribution in [0.15, 0.2) is 0 Å². The van der Waals surface area contributed by atoms with E-state index < -0.39 is 97.5 Å². The van der Waals surface area contributed by atoms with Crippen molar-refractivity contribution in [2.45, 2.75) is 457 Å². The summed E-state index contributed by atoms with van der Waals surface area (Å²) in [5.41, 5.74) is 0. The third-order valence-electron chi connectivity index (χ3n) is 19.1. The van der Waals surface area contributed by atoms with E-state index >= 15 is 0 Å². The Kier molecular flexibility index (Phi) is 73.8. The number of phosphoric ester groups is 2. The van der Waals surface area contributed by atoms with Crippen LogP contribution in [0.1, 0.15) is 439 Å². The summed E-state index contributed by atoms with van der Waals surface area (Å²) in [7, 11) is -9.91. The summed E-state index contributed by atoms with van der Waals surface area (Å²) in [6, 6.07) is 0. The second kappa shape index (κ2) is 75.3. The molecule has 3 N–H and O–H groups in total. The highest BCUT2D eigenvalue weighted by Gasteiger charge is 2.30. The van der Waals surface area contributed by atoms with Crippen molar-refractivity contribution in [2.24, 2.45) is 0 Å². The summed E-state index contributed by atoms with van der Waals surface area (Å²) in [5, 5.41) is 10.6. The monoisotopic (exact) mass is 1470 g/mol. The van der Waals surface area contributed by atoms with Crippen LogP contribution in [0.2, 0.25) is 0 Å². The maximum absolute atomic E-state index is 13.1. The molecule has 0 aromatic rings. The highest BCUT2D eigenvalue weighted by atomic mass is 31.2. The molecule has 0 heterocycles. The van der Waals surface area contributed by atoms with Gasteiger partial charge in [0.25, 0.3) is 0 Å². The van der Waals surface area contributed by atoms with Crippen LogP contribution in [0.5, 0.6) is 0 Å². The standard InChI is InChI=1S/C81H158O17P2/c1-5-9-13-17-21-25-29-32-34-36-38-40-42-44-47-50-54-58-62-66-79(84)92-72-77(98-81(86)68-64-60-56-52-48-45-43-41-39-37-35-33-30-26-22-18-14-10-6-2)74-96-100(89,90)94-70-75(82)69-93-99(87,88)95-73-76(71-91-78(83)65-61-57-53-49-28-24-20-16-12-8-4)97-80(85)67-63-59-55-51-46-31-27-23-19-15-11-7-3/h75-77,82H,5-74H2,1-4H3,(H,87,88)(H,89,90)/t75-,76+,77+/m0/s1. The number of hydrogen-bond acceptors (Lipinski definition) is 15. The number of aliphatic hydroxyl groups is 1. The van der Waals surface area contributed by atoms with Gasteiger partial charge >= 0.3 is 39.5 Å². The van der Waals surface area contributed by atoms with Gasteiger partial charge in [-0.25, -0.2) is 9.13 Å². The number of ether oxygens (including phenoxy) is 4. The quantitative estimate of drug-likeness (QED) is 0.0222. The fraction of sp³-hybridized carbons (Fsp3) is 0.951. The minimum Gasteiger partial charge on any atom is -0.462 e. The molecule has 5 atom stereocenters. The normalized spacial score (nSPS) is 13.8. The Labute approximate surface area is 613 Å². The second-order valence-electron chi connectivity index (χ2n) is 29.2. The van der Waals surface area contributed by atoms with Gasteiger partial charge in [0, 0.05) is 25.7 Å². The first-order valence-electron chi connectivity index (χ1n) is 42.3. The van der Waals surface area contributed by atoms with Gasteiger partial charge in [-0.15, -0.1) is 0 Å². The molecule has 0 saturated heterocycles. The van der Waals surface area contributed by atoms with E-state index in [1.165, 1.54) is 270 Å². The van der Waals surface area contributed by atoms with Crippen LogP contribution in [0.3, 0.4) is 0 Å². The Morgan fingerprint density at radius 2 is 0.400 bits per heavy atom. The fourth-order valence-electron chi connectivity index (χ4n) is 12.6. The first kappa shape index (κ1) is 98.1.